The first kappa shape index (κ1) is 16.1. The minimum atomic E-state index is -1.82. The monoisotopic (exact) mass is 258 g/mol. The van der Waals surface area contributed by atoms with Crippen molar-refractivity contribution in [2.75, 3.05) is 6.61 Å². The van der Waals surface area contributed by atoms with Gasteiger partial charge in [-0.15, -0.1) is 0 Å². The molecule has 0 fully saturated rings. The molecule has 0 bridgehead atoms. The van der Waals surface area contributed by atoms with Crippen LogP contribution in [0.5, 0.6) is 0 Å². The first-order valence-corrected chi connectivity index (χ1v) is 5.30. The molecular weight excluding hydrogens is 240 g/mol. The first-order chi connectivity index (χ1) is 8.22. The van der Waals surface area contributed by atoms with Crippen LogP contribution in [0.1, 0.15) is 26.5 Å². The van der Waals surface area contributed by atoms with Crippen molar-refractivity contribution in [3.8, 4) is 0 Å². The number of nitrogens with one attached hydrogen (secondary N) is 1. The van der Waals surface area contributed by atoms with E-state index in [1.54, 1.807) is 6.33 Å². The minimum absolute atomic E-state index is 0.0416. The summed E-state index contributed by atoms with van der Waals surface area (Å²) < 4.78 is 5.55. The second-order valence-corrected chi connectivity index (χ2v) is 4.40. The van der Waals surface area contributed by atoms with Crippen LogP contribution in [0.15, 0.2) is 12.5 Å². The molecule has 102 valence electrons. The van der Waals surface area contributed by atoms with E-state index in [9.17, 15) is 0 Å². The molecule has 0 saturated heterocycles. The second kappa shape index (κ2) is 7.44. The SMILES string of the molecule is CC(C)(C)OCCc1cnc[nH]1.O=C(O)C(=O)O. The normalized spacial score (nSPS) is 10.4. The number of aliphatic carboxylic acids is 2. The number of nitrogens with zero attached hydrogens (tertiary/aromatic N) is 1. The number of hydrogen-bond acceptors (Lipinski definition) is 4. The standard InChI is InChI=1S/C9H16N2O.C2H2O4/c1-9(2,3)12-5-4-8-6-10-7-11-8;3-1(4)2(5)6/h6-7H,4-5H2,1-3H3,(H,10,11);(H,3,4)(H,5,6). The summed E-state index contributed by atoms with van der Waals surface area (Å²) in [5.41, 5.74) is 1.08. The van der Waals surface area contributed by atoms with Crippen molar-refractivity contribution >= 4 is 11.9 Å². The Hall–Kier alpha value is -1.89. The molecule has 1 aromatic heterocycles. The molecule has 1 rings (SSSR count). The van der Waals surface area contributed by atoms with Gasteiger partial charge in [0.2, 0.25) is 0 Å². The fraction of sp³-hybridized carbons (Fsp3) is 0.545. The van der Waals surface area contributed by atoms with Gasteiger partial charge < -0.3 is 19.9 Å². The number of imidazole rings is 1. The van der Waals surface area contributed by atoms with Crippen LogP contribution in [-0.4, -0.2) is 44.3 Å². The summed E-state index contributed by atoms with van der Waals surface area (Å²) in [5.74, 6) is -3.65. The smallest absolute Gasteiger partial charge is 0.414 e. The topological polar surface area (TPSA) is 113 Å². The van der Waals surface area contributed by atoms with Gasteiger partial charge in [0.25, 0.3) is 0 Å². The third-order valence-electron chi connectivity index (χ3n) is 1.64. The van der Waals surface area contributed by atoms with E-state index in [0.29, 0.717) is 0 Å². The molecule has 18 heavy (non-hydrogen) atoms. The van der Waals surface area contributed by atoms with E-state index in [0.717, 1.165) is 18.7 Å². The van der Waals surface area contributed by atoms with Crippen LogP contribution in [0, 0.1) is 0 Å². The lowest BCUT2D eigenvalue weighted by Gasteiger charge is -2.18. The fourth-order valence-electron chi connectivity index (χ4n) is 0.889. The Morgan fingerprint density at radius 2 is 1.89 bits per heavy atom. The maximum atomic E-state index is 9.10. The highest BCUT2D eigenvalue weighted by molar-refractivity contribution is 6.27. The predicted molar refractivity (Wildman–Crippen MR) is 63.3 cm³/mol. The highest BCUT2D eigenvalue weighted by Crippen LogP contribution is 2.07. The van der Waals surface area contributed by atoms with E-state index < -0.39 is 11.9 Å². The van der Waals surface area contributed by atoms with Crippen LogP contribution >= 0.6 is 0 Å². The number of hydrogen-bond donors (Lipinski definition) is 3. The van der Waals surface area contributed by atoms with E-state index in [2.05, 4.69) is 30.7 Å². The second-order valence-electron chi connectivity index (χ2n) is 4.40. The maximum Gasteiger partial charge on any atom is 0.414 e. The van der Waals surface area contributed by atoms with Crippen molar-refractivity contribution in [1.29, 1.82) is 0 Å². The molecule has 0 aromatic carbocycles. The summed E-state index contributed by atoms with van der Waals surface area (Å²) in [6.45, 7) is 6.91. The van der Waals surface area contributed by atoms with Crippen molar-refractivity contribution < 1.29 is 24.5 Å². The summed E-state index contributed by atoms with van der Waals surface area (Å²) in [6.07, 6.45) is 4.41. The Morgan fingerprint density at radius 1 is 1.33 bits per heavy atom. The quantitative estimate of drug-likeness (QED) is 0.695. The Bertz CT molecular complexity index is 355. The molecular formula is C11H18N2O5. The molecule has 0 spiro atoms. The molecule has 0 aliphatic rings. The summed E-state index contributed by atoms with van der Waals surface area (Å²) >= 11 is 0. The number of carboxylic acids is 2. The van der Waals surface area contributed by atoms with Gasteiger partial charge in [0.05, 0.1) is 18.5 Å². The third-order valence-corrected chi connectivity index (χ3v) is 1.64. The van der Waals surface area contributed by atoms with Crippen molar-refractivity contribution in [1.82, 2.24) is 9.97 Å². The molecule has 0 saturated carbocycles. The van der Waals surface area contributed by atoms with Gasteiger partial charge in [-0.3, -0.25) is 0 Å². The fourth-order valence-corrected chi connectivity index (χ4v) is 0.889. The van der Waals surface area contributed by atoms with E-state index in [4.69, 9.17) is 24.5 Å². The summed E-state index contributed by atoms with van der Waals surface area (Å²) in [4.78, 5) is 25.2. The molecule has 7 heteroatoms. The van der Waals surface area contributed by atoms with E-state index >= 15 is 0 Å². The summed E-state index contributed by atoms with van der Waals surface area (Å²) in [5, 5.41) is 14.8. The number of carboxylic acid groups (broad SMARTS) is 2. The highest BCUT2D eigenvalue weighted by Gasteiger charge is 2.09. The van der Waals surface area contributed by atoms with Crippen molar-refractivity contribution in [3.05, 3.63) is 18.2 Å². The number of rotatable bonds is 3. The molecule has 0 unspecified atom stereocenters. The molecule has 0 aliphatic carbocycles. The number of ether oxygens (including phenoxy) is 1. The van der Waals surface area contributed by atoms with Gasteiger partial charge in [-0.2, -0.15) is 0 Å². The zero-order chi connectivity index (χ0) is 14.2. The molecule has 0 atom stereocenters. The molecule has 0 radical (unpaired) electrons. The molecule has 7 nitrogen and oxygen atoms in total. The molecule has 1 aromatic rings. The number of H-pyrrole nitrogens is 1. The van der Waals surface area contributed by atoms with Crippen LogP contribution in [-0.2, 0) is 20.7 Å². The van der Waals surface area contributed by atoms with Gasteiger partial charge in [-0.25, -0.2) is 14.6 Å². The lowest BCUT2D eigenvalue weighted by molar-refractivity contribution is -0.159. The Balaban J connectivity index is 0.000000411. The van der Waals surface area contributed by atoms with E-state index in [-0.39, 0.29) is 5.60 Å². The number of aromatic amines is 1. The van der Waals surface area contributed by atoms with Gasteiger partial charge in [-0.1, -0.05) is 0 Å². The van der Waals surface area contributed by atoms with E-state index in [1.807, 2.05) is 6.20 Å². The van der Waals surface area contributed by atoms with Crippen LogP contribution < -0.4 is 0 Å². The van der Waals surface area contributed by atoms with Gasteiger partial charge >= 0.3 is 11.9 Å². The lowest BCUT2D eigenvalue weighted by atomic mass is 10.2. The first-order valence-electron chi connectivity index (χ1n) is 5.30. The molecule has 3 N–H and O–H groups in total. The lowest BCUT2D eigenvalue weighted by Crippen LogP contribution is -2.20. The van der Waals surface area contributed by atoms with Crippen LogP contribution in [0.4, 0.5) is 0 Å². The number of aromatic nitrogens is 2. The average Bonchev–Trinajstić information content (AvgIpc) is 2.69. The maximum absolute atomic E-state index is 9.10. The van der Waals surface area contributed by atoms with Crippen molar-refractivity contribution in [2.45, 2.75) is 32.8 Å². The Labute approximate surface area is 105 Å². The third kappa shape index (κ3) is 9.34. The zero-order valence-electron chi connectivity index (χ0n) is 10.6. The minimum Gasteiger partial charge on any atom is -0.473 e. The molecule has 0 aliphatic heterocycles. The Kier molecular flexibility index (Phi) is 6.66. The van der Waals surface area contributed by atoms with E-state index in [1.165, 1.54) is 0 Å². The van der Waals surface area contributed by atoms with Crippen LogP contribution in [0.25, 0.3) is 0 Å². The van der Waals surface area contributed by atoms with Gasteiger partial charge in [-0.05, 0) is 20.8 Å². The average molecular weight is 258 g/mol. The van der Waals surface area contributed by atoms with Crippen LogP contribution in [0.3, 0.4) is 0 Å². The molecule has 0 amide bonds. The molecule has 1 heterocycles. The van der Waals surface area contributed by atoms with Gasteiger partial charge in [0.15, 0.2) is 0 Å². The predicted octanol–water partition coefficient (Wildman–Crippen LogP) is 0.923. The summed E-state index contributed by atoms with van der Waals surface area (Å²) in [6, 6.07) is 0. The largest absolute Gasteiger partial charge is 0.473 e. The Morgan fingerprint density at radius 3 is 2.22 bits per heavy atom. The summed E-state index contributed by atoms with van der Waals surface area (Å²) in [7, 11) is 0. The van der Waals surface area contributed by atoms with Crippen molar-refractivity contribution in [2.24, 2.45) is 0 Å². The van der Waals surface area contributed by atoms with Crippen molar-refractivity contribution in [3.63, 3.8) is 0 Å². The van der Waals surface area contributed by atoms with Crippen LogP contribution in [0.2, 0.25) is 0 Å². The highest BCUT2D eigenvalue weighted by atomic mass is 16.5. The van der Waals surface area contributed by atoms with Gasteiger partial charge in [0.1, 0.15) is 0 Å². The number of carbonyl (C=O) groups is 2. The zero-order valence-corrected chi connectivity index (χ0v) is 10.6. The van der Waals surface area contributed by atoms with Gasteiger partial charge in [0, 0.05) is 18.3 Å².